The molecule has 0 aromatic carbocycles. The van der Waals surface area contributed by atoms with Crippen LogP contribution in [0.5, 0.6) is 0 Å². The van der Waals surface area contributed by atoms with Gasteiger partial charge < -0.3 is 10.4 Å². The summed E-state index contributed by atoms with van der Waals surface area (Å²) < 4.78 is 0. The van der Waals surface area contributed by atoms with Crippen molar-refractivity contribution in [2.45, 2.75) is 32.2 Å². The van der Waals surface area contributed by atoms with Gasteiger partial charge in [0, 0.05) is 12.6 Å². The van der Waals surface area contributed by atoms with Crippen LogP contribution in [0.2, 0.25) is 0 Å². The molecule has 0 aromatic rings. The molecule has 0 aromatic heterocycles. The molecule has 0 bridgehead atoms. The number of aliphatic hydroxyl groups excluding tert-OH is 1. The minimum atomic E-state index is 0.258. The van der Waals surface area contributed by atoms with E-state index in [4.69, 9.17) is 10.4 Å². The number of hydrogen-bond acceptors (Lipinski definition) is 3. The van der Waals surface area contributed by atoms with E-state index in [0.717, 1.165) is 19.4 Å². The van der Waals surface area contributed by atoms with E-state index in [0.29, 0.717) is 6.42 Å². The maximum absolute atomic E-state index is 8.45. The van der Waals surface area contributed by atoms with E-state index < -0.39 is 0 Å². The summed E-state index contributed by atoms with van der Waals surface area (Å²) in [4.78, 5) is 0. The second kappa shape index (κ2) is 7.52. The highest BCUT2D eigenvalue weighted by Crippen LogP contribution is 1.89. The van der Waals surface area contributed by atoms with Crippen molar-refractivity contribution in [3.63, 3.8) is 0 Å². The van der Waals surface area contributed by atoms with Gasteiger partial charge in [0.05, 0.1) is 12.5 Å². The molecule has 0 aliphatic heterocycles. The molecule has 0 rings (SSSR count). The SMILES string of the molecule is CC(CC#N)NCCCCO. The van der Waals surface area contributed by atoms with Gasteiger partial charge in [-0.05, 0) is 26.3 Å². The molecule has 0 spiro atoms. The van der Waals surface area contributed by atoms with Gasteiger partial charge in [-0.1, -0.05) is 0 Å². The van der Waals surface area contributed by atoms with Crippen LogP contribution in [-0.4, -0.2) is 24.3 Å². The van der Waals surface area contributed by atoms with Gasteiger partial charge in [-0.25, -0.2) is 0 Å². The van der Waals surface area contributed by atoms with Crippen LogP contribution in [0.15, 0.2) is 0 Å². The molecule has 0 amide bonds. The number of nitriles is 1. The molecule has 1 atom stereocenters. The Morgan fingerprint density at radius 2 is 2.27 bits per heavy atom. The van der Waals surface area contributed by atoms with E-state index >= 15 is 0 Å². The van der Waals surface area contributed by atoms with Gasteiger partial charge in [0.1, 0.15) is 0 Å². The molecule has 0 saturated carbocycles. The summed E-state index contributed by atoms with van der Waals surface area (Å²) in [5.74, 6) is 0. The maximum Gasteiger partial charge on any atom is 0.0638 e. The van der Waals surface area contributed by atoms with Crippen molar-refractivity contribution in [2.75, 3.05) is 13.2 Å². The number of rotatable bonds is 6. The first-order valence-electron chi connectivity index (χ1n) is 4.02. The lowest BCUT2D eigenvalue weighted by Crippen LogP contribution is -2.26. The van der Waals surface area contributed by atoms with E-state index in [9.17, 15) is 0 Å². The van der Waals surface area contributed by atoms with Gasteiger partial charge in [-0.15, -0.1) is 0 Å². The lowest BCUT2D eigenvalue weighted by atomic mass is 10.2. The minimum Gasteiger partial charge on any atom is -0.396 e. The fraction of sp³-hybridized carbons (Fsp3) is 0.875. The Bertz CT molecular complexity index is 120. The number of aliphatic hydroxyl groups is 1. The molecule has 11 heavy (non-hydrogen) atoms. The first-order valence-corrected chi connectivity index (χ1v) is 4.02. The molecule has 2 N–H and O–H groups in total. The third-order valence-corrected chi connectivity index (χ3v) is 1.48. The average molecular weight is 156 g/mol. The predicted octanol–water partition coefficient (Wildman–Crippen LogP) is 0.651. The van der Waals surface area contributed by atoms with Gasteiger partial charge >= 0.3 is 0 Å². The van der Waals surface area contributed by atoms with Crippen LogP contribution in [0.1, 0.15) is 26.2 Å². The van der Waals surface area contributed by atoms with Crippen molar-refractivity contribution in [2.24, 2.45) is 0 Å². The zero-order valence-electron chi connectivity index (χ0n) is 7.01. The fourth-order valence-electron chi connectivity index (χ4n) is 0.794. The zero-order chi connectivity index (χ0) is 8.53. The monoisotopic (exact) mass is 156 g/mol. The van der Waals surface area contributed by atoms with Gasteiger partial charge in [0.15, 0.2) is 0 Å². The third-order valence-electron chi connectivity index (χ3n) is 1.48. The van der Waals surface area contributed by atoms with Crippen molar-refractivity contribution in [3.05, 3.63) is 0 Å². The summed E-state index contributed by atoms with van der Waals surface area (Å²) in [6.07, 6.45) is 2.37. The molecule has 3 nitrogen and oxygen atoms in total. The Kier molecular flexibility index (Phi) is 7.11. The quantitative estimate of drug-likeness (QED) is 0.555. The van der Waals surface area contributed by atoms with Crippen LogP contribution < -0.4 is 5.32 Å². The summed E-state index contributed by atoms with van der Waals surface area (Å²) >= 11 is 0. The van der Waals surface area contributed by atoms with Crippen molar-refractivity contribution in [1.82, 2.24) is 5.32 Å². The zero-order valence-corrected chi connectivity index (χ0v) is 7.01. The molecule has 3 heteroatoms. The second-order valence-electron chi connectivity index (χ2n) is 2.65. The standard InChI is InChI=1S/C8H16N2O/c1-8(4-5-9)10-6-2-3-7-11/h8,10-11H,2-4,6-7H2,1H3. The molecular formula is C8H16N2O. The molecule has 64 valence electrons. The number of nitrogens with one attached hydrogen (secondary N) is 1. The summed E-state index contributed by atoms with van der Waals surface area (Å²) in [6, 6.07) is 2.37. The lowest BCUT2D eigenvalue weighted by molar-refractivity contribution is 0.283. The largest absolute Gasteiger partial charge is 0.396 e. The highest BCUT2D eigenvalue weighted by atomic mass is 16.2. The van der Waals surface area contributed by atoms with E-state index in [1.165, 1.54) is 0 Å². The number of unbranched alkanes of at least 4 members (excludes halogenated alkanes) is 1. The number of nitrogens with zero attached hydrogens (tertiary/aromatic N) is 1. The summed E-state index contributed by atoms with van der Waals surface area (Å²) in [5.41, 5.74) is 0. The Morgan fingerprint density at radius 1 is 1.55 bits per heavy atom. The molecule has 0 saturated heterocycles. The molecule has 0 radical (unpaired) electrons. The highest BCUT2D eigenvalue weighted by molar-refractivity contribution is 4.76. The summed E-state index contributed by atoms with van der Waals surface area (Å²) in [5, 5.41) is 19.9. The normalized spacial score (nSPS) is 12.5. The molecule has 0 fully saturated rings. The summed E-state index contributed by atoms with van der Waals surface area (Å²) in [7, 11) is 0. The number of hydrogen-bond donors (Lipinski definition) is 2. The van der Waals surface area contributed by atoms with Crippen molar-refractivity contribution in [3.8, 4) is 6.07 Å². The Hall–Kier alpha value is -0.590. The van der Waals surface area contributed by atoms with E-state index in [2.05, 4.69) is 11.4 Å². The van der Waals surface area contributed by atoms with Crippen LogP contribution in [-0.2, 0) is 0 Å². The molecule has 0 heterocycles. The van der Waals surface area contributed by atoms with Crippen LogP contribution >= 0.6 is 0 Å². The Balaban J connectivity index is 3.05. The first kappa shape index (κ1) is 10.4. The molecular weight excluding hydrogens is 140 g/mol. The van der Waals surface area contributed by atoms with E-state index in [-0.39, 0.29) is 12.6 Å². The van der Waals surface area contributed by atoms with Crippen molar-refractivity contribution in [1.29, 1.82) is 5.26 Å². The van der Waals surface area contributed by atoms with Gasteiger partial charge in [0.2, 0.25) is 0 Å². The smallest absolute Gasteiger partial charge is 0.0638 e. The first-order chi connectivity index (χ1) is 5.31. The van der Waals surface area contributed by atoms with Crippen molar-refractivity contribution >= 4 is 0 Å². The summed E-state index contributed by atoms with van der Waals surface area (Å²) in [6.45, 7) is 3.14. The van der Waals surface area contributed by atoms with Crippen molar-refractivity contribution < 1.29 is 5.11 Å². The van der Waals surface area contributed by atoms with E-state index in [1.807, 2.05) is 6.92 Å². The van der Waals surface area contributed by atoms with E-state index in [1.54, 1.807) is 0 Å². The van der Waals surface area contributed by atoms with Crippen LogP contribution in [0, 0.1) is 11.3 Å². The maximum atomic E-state index is 8.45. The predicted molar refractivity (Wildman–Crippen MR) is 44.0 cm³/mol. The highest BCUT2D eigenvalue weighted by Gasteiger charge is 1.97. The molecule has 1 unspecified atom stereocenters. The Morgan fingerprint density at radius 3 is 2.82 bits per heavy atom. The van der Waals surface area contributed by atoms with Crippen LogP contribution in [0.3, 0.4) is 0 Å². The lowest BCUT2D eigenvalue weighted by Gasteiger charge is -2.08. The van der Waals surface area contributed by atoms with Crippen LogP contribution in [0.25, 0.3) is 0 Å². The second-order valence-corrected chi connectivity index (χ2v) is 2.65. The Labute approximate surface area is 68.0 Å². The average Bonchev–Trinajstić information content (AvgIpc) is 1.99. The fourth-order valence-corrected chi connectivity index (χ4v) is 0.794. The topological polar surface area (TPSA) is 56.0 Å². The molecule has 0 aliphatic rings. The van der Waals surface area contributed by atoms with Gasteiger partial charge in [0.25, 0.3) is 0 Å². The molecule has 0 aliphatic carbocycles. The third kappa shape index (κ3) is 7.31. The minimum absolute atomic E-state index is 0.258. The van der Waals surface area contributed by atoms with Gasteiger partial charge in [-0.3, -0.25) is 0 Å². The van der Waals surface area contributed by atoms with Crippen LogP contribution in [0.4, 0.5) is 0 Å². The van der Waals surface area contributed by atoms with Gasteiger partial charge in [-0.2, -0.15) is 5.26 Å².